The van der Waals surface area contributed by atoms with E-state index in [-0.39, 0.29) is 34.3 Å². The van der Waals surface area contributed by atoms with Crippen molar-refractivity contribution in [1.82, 2.24) is 9.97 Å². The molecule has 0 radical (unpaired) electrons. The van der Waals surface area contributed by atoms with Crippen LogP contribution in [0.3, 0.4) is 0 Å². The minimum Gasteiger partial charge on any atom is -0.492 e. The third-order valence-electron chi connectivity index (χ3n) is 3.91. The summed E-state index contributed by atoms with van der Waals surface area (Å²) >= 11 is 5.95. The van der Waals surface area contributed by atoms with Crippen molar-refractivity contribution in [1.29, 1.82) is 0 Å². The zero-order valence-corrected chi connectivity index (χ0v) is 15.0. The molecule has 0 bridgehead atoms. The first-order valence-corrected chi connectivity index (χ1v) is 8.14. The van der Waals surface area contributed by atoms with Crippen molar-refractivity contribution in [3.63, 3.8) is 0 Å². The topological polar surface area (TPSA) is 64.2 Å². The number of benzene rings is 1. The molecule has 0 atom stereocenters. The summed E-state index contributed by atoms with van der Waals surface area (Å²) in [4.78, 5) is 19.8. The van der Waals surface area contributed by atoms with Crippen LogP contribution in [0.1, 0.15) is 16.1 Å². The average Bonchev–Trinajstić information content (AvgIpc) is 3.00. The molecule has 0 aliphatic rings. The summed E-state index contributed by atoms with van der Waals surface area (Å²) in [6, 6.07) is 4.67. The van der Waals surface area contributed by atoms with Crippen LogP contribution >= 0.6 is 11.6 Å². The highest BCUT2D eigenvalue weighted by molar-refractivity contribution is 6.32. The molecule has 5 nitrogen and oxygen atoms in total. The summed E-state index contributed by atoms with van der Waals surface area (Å²) in [6.45, 7) is 5.42. The van der Waals surface area contributed by atoms with Gasteiger partial charge in [0.25, 0.3) is 0 Å². The largest absolute Gasteiger partial charge is 0.492 e. The smallest absolute Gasteiger partial charge is 0.357 e. The van der Waals surface area contributed by atoms with Gasteiger partial charge in [0.15, 0.2) is 17.3 Å². The van der Waals surface area contributed by atoms with Gasteiger partial charge in [-0.2, -0.15) is 0 Å². The summed E-state index contributed by atoms with van der Waals surface area (Å²) in [5.74, 6) is -1.34. The average molecular weight is 375 g/mol. The Bertz CT molecular complexity index is 1010. The zero-order valence-electron chi connectivity index (χ0n) is 14.2. The van der Waals surface area contributed by atoms with Crippen LogP contribution in [0.4, 0.5) is 4.39 Å². The number of carbonyl (C=O) groups excluding carboxylic acids is 1. The molecule has 3 aromatic rings. The van der Waals surface area contributed by atoms with E-state index < -0.39 is 11.8 Å². The van der Waals surface area contributed by atoms with Crippen molar-refractivity contribution in [2.45, 2.75) is 6.92 Å². The normalized spacial score (nSPS) is 10.8. The lowest BCUT2D eigenvalue weighted by Gasteiger charge is -2.11. The van der Waals surface area contributed by atoms with Crippen LogP contribution in [0.5, 0.6) is 5.75 Å². The van der Waals surface area contributed by atoms with Crippen molar-refractivity contribution in [3.05, 3.63) is 59.1 Å². The third-order valence-corrected chi connectivity index (χ3v) is 4.21. The maximum absolute atomic E-state index is 14.8. The second-order valence-corrected chi connectivity index (χ2v) is 5.99. The molecule has 0 unspecified atom stereocenters. The molecule has 2 heterocycles. The van der Waals surface area contributed by atoms with Crippen molar-refractivity contribution < 1.29 is 18.7 Å². The molecule has 0 amide bonds. The Morgan fingerprint density at radius 2 is 2.23 bits per heavy atom. The molecule has 0 fully saturated rings. The van der Waals surface area contributed by atoms with Crippen molar-refractivity contribution in [2.75, 3.05) is 13.7 Å². The first-order chi connectivity index (χ1) is 12.5. The molecule has 2 aromatic heterocycles. The molecule has 0 spiro atoms. The number of ether oxygens (including phenoxy) is 2. The van der Waals surface area contributed by atoms with Gasteiger partial charge in [-0.1, -0.05) is 24.3 Å². The summed E-state index contributed by atoms with van der Waals surface area (Å²) in [6.07, 6.45) is 3.21. The Morgan fingerprint density at radius 3 is 2.92 bits per heavy atom. The number of methoxy groups -OCH3 is 1. The van der Waals surface area contributed by atoms with Gasteiger partial charge < -0.3 is 14.5 Å². The number of rotatable bonds is 5. The lowest BCUT2D eigenvalue weighted by molar-refractivity contribution is 0.0545. The maximum Gasteiger partial charge on any atom is 0.357 e. The maximum atomic E-state index is 14.8. The van der Waals surface area contributed by atoms with Crippen LogP contribution < -0.4 is 4.74 Å². The van der Waals surface area contributed by atoms with E-state index in [0.717, 1.165) is 5.56 Å². The highest BCUT2D eigenvalue weighted by atomic mass is 35.5. The number of nitrogens with one attached hydrogen (secondary N) is 1. The molecule has 134 valence electrons. The Kier molecular flexibility index (Phi) is 4.95. The summed E-state index contributed by atoms with van der Waals surface area (Å²) in [5.41, 5.74) is 2.01. The van der Waals surface area contributed by atoms with Gasteiger partial charge in [-0.25, -0.2) is 14.2 Å². The number of fused-ring (bicyclic) bond motifs is 1. The molecule has 0 aliphatic heterocycles. The van der Waals surface area contributed by atoms with E-state index in [1.807, 2.05) is 6.92 Å². The highest BCUT2D eigenvalue weighted by Gasteiger charge is 2.21. The van der Waals surface area contributed by atoms with Crippen molar-refractivity contribution >= 4 is 28.5 Å². The number of hydrogen-bond donors (Lipinski definition) is 1. The minimum absolute atomic E-state index is 0.0544. The summed E-state index contributed by atoms with van der Waals surface area (Å²) in [7, 11) is 1.33. The summed E-state index contributed by atoms with van der Waals surface area (Å²) in [5, 5.41) is 0.778. The number of hydrogen-bond acceptors (Lipinski definition) is 4. The number of pyridine rings is 1. The number of esters is 1. The fourth-order valence-corrected chi connectivity index (χ4v) is 2.95. The molecule has 0 saturated heterocycles. The molecular weight excluding hydrogens is 359 g/mol. The van der Waals surface area contributed by atoms with E-state index in [9.17, 15) is 9.18 Å². The quantitative estimate of drug-likeness (QED) is 0.520. The first kappa shape index (κ1) is 17.9. The first-order valence-electron chi connectivity index (χ1n) is 7.77. The van der Waals surface area contributed by atoms with Crippen LogP contribution in [0.25, 0.3) is 22.2 Å². The minimum atomic E-state index is -0.652. The van der Waals surface area contributed by atoms with Gasteiger partial charge in [0.1, 0.15) is 6.61 Å². The second-order valence-electron chi connectivity index (χ2n) is 5.58. The SMILES string of the molecule is C=CCOC(=O)c1nc(-c2ccc(Cl)c(OC)c2F)cc2[nH]cc(C)c12. The van der Waals surface area contributed by atoms with E-state index in [0.29, 0.717) is 10.9 Å². The van der Waals surface area contributed by atoms with Gasteiger partial charge in [0, 0.05) is 17.1 Å². The number of halogens is 2. The lowest BCUT2D eigenvalue weighted by atomic mass is 10.1. The van der Waals surface area contributed by atoms with Gasteiger partial charge in [0.2, 0.25) is 0 Å². The van der Waals surface area contributed by atoms with Gasteiger partial charge in [0.05, 0.1) is 23.3 Å². The summed E-state index contributed by atoms with van der Waals surface area (Å²) < 4.78 is 24.9. The molecule has 3 rings (SSSR count). The van der Waals surface area contributed by atoms with Crippen molar-refractivity contribution in [3.8, 4) is 17.0 Å². The number of H-pyrrole nitrogens is 1. The molecule has 1 N–H and O–H groups in total. The molecule has 26 heavy (non-hydrogen) atoms. The number of nitrogens with zero attached hydrogens (tertiary/aromatic N) is 1. The monoisotopic (exact) mass is 374 g/mol. The predicted octanol–water partition coefficient (Wildman–Crippen LogP) is 4.68. The molecule has 0 saturated carbocycles. The van der Waals surface area contributed by atoms with Gasteiger partial charge in [-0.3, -0.25) is 0 Å². The molecular formula is C19H16ClFN2O3. The lowest BCUT2D eigenvalue weighted by Crippen LogP contribution is -2.09. The van der Waals surface area contributed by atoms with Crippen LogP contribution in [0, 0.1) is 12.7 Å². The standard InChI is InChI=1S/C19H16ClFN2O3/c1-4-7-26-19(24)17-15-10(2)9-22-14(15)8-13(23-17)11-5-6-12(20)18(25-3)16(11)21/h4-6,8-9,22H,1,7H2,2-3H3. The van der Waals surface area contributed by atoms with Crippen LogP contribution in [-0.2, 0) is 4.74 Å². The van der Waals surface area contributed by atoms with Crippen LogP contribution in [0.2, 0.25) is 5.02 Å². The second kappa shape index (κ2) is 7.17. The number of aryl methyl sites for hydroxylation is 1. The van der Waals surface area contributed by atoms with Crippen LogP contribution in [-0.4, -0.2) is 29.7 Å². The Morgan fingerprint density at radius 1 is 1.46 bits per heavy atom. The van der Waals surface area contributed by atoms with Gasteiger partial charge in [-0.05, 0) is 30.7 Å². The number of aromatic amines is 1. The molecule has 7 heteroatoms. The predicted molar refractivity (Wildman–Crippen MR) is 98.3 cm³/mol. The van der Waals surface area contributed by atoms with Crippen LogP contribution in [0.15, 0.2) is 37.1 Å². The fraction of sp³-hybridized carbons (Fsp3) is 0.158. The van der Waals surface area contributed by atoms with E-state index >= 15 is 0 Å². The number of aromatic nitrogens is 2. The Balaban J connectivity index is 2.23. The fourth-order valence-electron chi connectivity index (χ4n) is 2.72. The third kappa shape index (κ3) is 3.04. The Labute approximate surface area is 154 Å². The van der Waals surface area contributed by atoms with E-state index in [2.05, 4.69) is 16.5 Å². The zero-order chi connectivity index (χ0) is 18.8. The van der Waals surface area contributed by atoms with E-state index in [1.165, 1.54) is 25.3 Å². The van der Waals surface area contributed by atoms with Gasteiger partial charge >= 0.3 is 5.97 Å². The Hall–Kier alpha value is -2.86. The highest BCUT2D eigenvalue weighted by Crippen LogP contribution is 2.35. The number of carbonyl (C=O) groups is 1. The molecule has 0 aliphatic carbocycles. The van der Waals surface area contributed by atoms with Gasteiger partial charge in [-0.15, -0.1) is 0 Å². The molecule has 1 aromatic carbocycles. The van der Waals surface area contributed by atoms with Crippen molar-refractivity contribution in [2.24, 2.45) is 0 Å². The van der Waals surface area contributed by atoms with E-state index in [1.54, 1.807) is 12.3 Å². The van der Waals surface area contributed by atoms with E-state index in [4.69, 9.17) is 21.1 Å².